The number of benzene rings is 2. The number of thiocarbonyl (C=S) groups is 1. The monoisotopic (exact) mass is 971 g/mol. The van der Waals surface area contributed by atoms with E-state index < -0.39 is 40.9 Å². The van der Waals surface area contributed by atoms with Crippen molar-refractivity contribution in [3.8, 4) is 34.2 Å². The van der Waals surface area contributed by atoms with E-state index in [9.17, 15) is 19.2 Å². The van der Waals surface area contributed by atoms with Gasteiger partial charge < -0.3 is 29.0 Å². The van der Waals surface area contributed by atoms with Gasteiger partial charge in [-0.15, -0.1) is 0 Å². The summed E-state index contributed by atoms with van der Waals surface area (Å²) in [6, 6.07) is 17.8. The van der Waals surface area contributed by atoms with Crippen LogP contribution < -0.4 is 10.7 Å². The maximum absolute atomic E-state index is 14.9. The molecule has 3 aliphatic heterocycles. The average molecular weight is 972 g/mol. The summed E-state index contributed by atoms with van der Waals surface area (Å²) < 4.78 is 21.4. The van der Waals surface area contributed by atoms with Gasteiger partial charge in [0.1, 0.15) is 23.1 Å². The highest BCUT2D eigenvalue weighted by Gasteiger charge is 2.48. The van der Waals surface area contributed by atoms with Gasteiger partial charge in [-0.2, -0.15) is 0 Å². The van der Waals surface area contributed by atoms with Crippen molar-refractivity contribution in [2.24, 2.45) is 23.2 Å². The number of likely N-dealkylation sites (tertiary alicyclic amines) is 1. The summed E-state index contributed by atoms with van der Waals surface area (Å²) in [6.07, 6.45) is 2.77. The minimum absolute atomic E-state index is 0.0798. The molecule has 8 rings (SSSR count). The molecular weight excluding hydrogens is 903 g/mol. The maximum atomic E-state index is 14.9. The van der Waals surface area contributed by atoms with Crippen molar-refractivity contribution in [1.82, 2.24) is 35.1 Å². The number of rotatable bonds is 9. The van der Waals surface area contributed by atoms with Gasteiger partial charge in [0.2, 0.25) is 5.91 Å². The van der Waals surface area contributed by atoms with Crippen LogP contribution in [-0.4, -0.2) is 125 Å². The van der Waals surface area contributed by atoms with E-state index in [1.807, 2.05) is 64.9 Å². The average Bonchev–Trinajstić information content (AvgIpc) is 3.88. The zero-order valence-corrected chi connectivity index (χ0v) is 43.2. The number of aromatic nitrogens is 2. The first kappa shape index (κ1) is 50.7. The van der Waals surface area contributed by atoms with Crippen LogP contribution in [0.2, 0.25) is 0 Å². The largest absolute Gasteiger partial charge is 0.465 e. The van der Waals surface area contributed by atoms with Gasteiger partial charge >= 0.3 is 5.97 Å². The van der Waals surface area contributed by atoms with Crippen molar-refractivity contribution >= 4 is 51.8 Å². The number of pyridine rings is 1. The lowest BCUT2D eigenvalue weighted by Crippen LogP contribution is -2.56. The summed E-state index contributed by atoms with van der Waals surface area (Å²) >= 11 is 5.89. The minimum Gasteiger partial charge on any atom is -0.465 e. The lowest BCUT2D eigenvalue weighted by molar-refractivity contribution is -0.150. The molecule has 372 valence electrons. The molecule has 14 nitrogen and oxygen atoms in total. The summed E-state index contributed by atoms with van der Waals surface area (Å²) in [5.74, 6) is 2.71. The fraction of sp³-hybridized carbons (Fsp3) is 0.527. The number of esters is 1. The van der Waals surface area contributed by atoms with Crippen LogP contribution in [0.5, 0.6) is 0 Å². The molecule has 4 aliphatic rings. The van der Waals surface area contributed by atoms with Crippen molar-refractivity contribution in [2.75, 3.05) is 54.1 Å². The summed E-state index contributed by atoms with van der Waals surface area (Å²) in [5, 5.41) is 5.66. The Hall–Kier alpha value is -5.66. The van der Waals surface area contributed by atoms with Gasteiger partial charge in [-0.1, -0.05) is 76.2 Å². The van der Waals surface area contributed by atoms with Crippen LogP contribution in [0.3, 0.4) is 0 Å². The van der Waals surface area contributed by atoms with Crippen molar-refractivity contribution in [3.05, 3.63) is 77.6 Å². The van der Waals surface area contributed by atoms with Crippen molar-refractivity contribution in [1.29, 1.82) is 0 Å². The van der Waals surface area contributed by atoms with Crippen LogP contribution in [0.15, 0.2) is 60.8 Å². The standard InChI is InChI=1S/C55H69N7O7S/c1-11-61-43-20-19-36-29-40(43)45-46(49(67-10)47-38(48(45)61)17-13-24-56-47)54(4,5)32-69-53(66)39-18-14-25-62(58-51(39)70)52(65)42(28-34-15-12-16-35(36)27-34)57-50(64)41(33(2)3)31-68-37-22-26-60(30-37)44(63)21-23-55(6,7)59(8)9/h12-13,15-17,19-20,24,27,29,33,37,39,41-42,46,49H,11,14,18,22,25-26,28,30-32H2,1-10H3,(H,57,64)(H,58,70)/t37-,39+,41?,42-,46?,49-/m0/s1. The normalized spacial score (nSPS) is 22.9. The summed E-state index contributed by atoms with van der Waals surface area (Å²) in [7, 11) is 5.57. The van der Waals surface area contributed by atoms with Crippen molar-refractivity contribution in [2.45, 2.75) is 110 Å². The molecule has 70 heavy (non-hydrogen) atoms. The number of hydrazine groups is 1. The third kappa shape index (κ3) is 10.1. The van der Waals surface area contributed by atoms with E-state index in [1.54, 1.807) is 18.2 Å². The predicted molar refractivity (Wildman–Crippen MR) is 274 cm³/mol. The predicted octanol–water partition coefficient (Wildman–Crippen LogP) is 7.09. The molecule has 3 amide bonds. The SMILES string of the molecule is CCn1c2c3c4cc(ccc41)-c1cccc(c1)C[C@H](NC(=O)C(CO[C@H]1CCN(C(=O)C#CC(C)(C)N(C)C)C1)C(C)C)C(=O)N1CCC[C@@H](C(=O)OCC(C)(C)C3[C@H](OC)c3ncccc3-2)C(=S)N1. The Morgan fingerprint density at radius 1 is 1.07 bits per heavy atom. The van der Waals surface area contributed by atoms with Gasteiger partial charge in [0.05, 0.1) is 42.2 Å². The molecule has 2 N–H and O–H groups in total. The molecule has 4 aromatic rings. The Bertz CT molecular complexity index is 2730. The topological polar surface area (TPSA) is 148 Å². The Kier molecular flexibility index (Phi) is 14.9. The number of cyclic esters (lactones) is 1. The number of carbonyl (C=O) groups excluding carboxylic acids is 4. The fourth-order valence-corrected chi connectivity index (χ4v) is 10.7. The molecule has 5 heterocycles. The summed E-state index contributed by atoms with van der Waals surface area (Å²) in [4.78, 5) is 65.3. The molecule has 6 atom stereocenters. The molecule has 2 unspecified atom stereocenters. The van der Waals surface area contributed by atoms with Crippen LogP contribution in [0, 0.1) is 35.0 Å². The number of nitrogens with zero attached hydrogens (tertiary/aromatic N) is 5. The van der Waals surface area contributed by atoms with Crippen LogP contribution in [0.1, 0.15) is 96.6 Å². The summed E-state index contributed by atoms with van der Waals surface area (Å²) in [5.41, 5.74) is 9.94. The minimum atomic E-state index is -0.997. The molecular formula is C55H69N7O7S. The molecule has 2 saturated heterocycles. The first-order chi connectivity index (χ1) is 33.3. The number of hydrogen-bond donors (Lipinski definition) is 2. The van der Waals surface area contributed by atoms with Crippen LogP contribution in [0.4, 0.5) is 0 Å². The van der Waals surface area contributed by atoms with Gasteiger partial charge in [0, 0.05) is 73.7 Å². The van der Waals surface area contributed by atoms with Crippen LogP contribution in [0.25, 0.3) is 33.3 Å². The molecule has 0 saturated carbocycles. The lowest BCUT2D eigenvalue weighted by atomic mass is 9.67. The quantitative estimate of drug-likeness (QED) is 0.101. The number of hydrogen-bond acceptors (Lipinski definition) is 10. The number of methoxy groups -OCH3 is 1. The highest BCUT2D eigenvalue weighted by molar-refractivity contribution is 7.80. The van der Waals surface area contributed by atoms with E-state index in [-0.39, 0.29) is 66.8 Å². The third-order valence-electron chi connectivity index (χ3n) is 15.1. The van der Waals surface area contributed by atoms with Crippen molar-refractivity contribution in [3.63, 3.8) is 0 Å². The zero-order valence-electron chi connectivity index (χ0n) is 42.4. The van der Waals surface area contributed by atoms with Gasteiger partial charge in [0.25, 0.3) is 11.8 Å². The Morgan fingerprint density at radius 2 is 1.84 bits per heavy atom. The number of ether oxygens (including phenoxy) is 3. The molecule has 0 radical (unpaired) electrons. The van der Waals surface area contributed by atoms with E-state index in [4.69, 9.17) is 31.4 Å². The molecule has 0 spiro atoms. The molecule has 2 fully saturated rings. The molecule has 15 heteroatoms. The molecule has 2 aromatic carbocycles. The van der Waals surface area contributed by atoms with Gasteiger partial charge in [-0.25, -0.2) is 0 Å². The lowest BCUT2D eigenvalue weighted by Gasteiger charge is -2.42. The van der Waals surface area contributed by atoms with E-state index in [0.29, 0.717) is 32.4 Å². The summed E-state index contributed by atoms with van der Waals surface area (Å²) in [6.45, 7) is 16.3. The molecule has 6 bridgehead atoms. The first-order valence-corrected chi connectivity index (χ1v) is 25.2. The first-order valence-electron chi connectivity index (χ1n) is 24.8. The second-order valence-electron chi connectivity index (χ2n) is 21.1. The second kappa shape index (κ2) is 20.6. The second-order valence-corrected chi connectivity index (χ2v) is 21.5. The van der Waals surface area contributed by atoms with E-state index >= 15 is 0 Å². The Morgan fingerprint density at radius 3 is 2.57 bits per heavy atom. The molecule has 2 aromatic heterocycles. The number of fused-ring (bicyclic) bond motifs is 9. The highest BCUT2D eigenvalue weighted by atomic mass is 32.1. The van der Waals surface area contributed by atoms with Gasteiger partial charge in [-0.3, -0.25) is 39.5 Å². The maximum Gasteiger partial charge on any atom is 0.315 e. The fourth-order valence-electron chi connectivity index (χ4n) is 10.4. The molecule has 1 aliphatic carbocycles. The van der Waals surface area contributed by atoms with E-state index in [1.165, 1.54) is 5.01 Å². The highest BCUT2D eigenvalue weighted by Crippen LogP contribution is 2.57. The Balaban J connectivity index is 1.13. The number of carbonyl (C=O) groups is 4. The van der Waals surface area contributed by atoms with E-state index in [0.717, 1.165) is 56.7 Å². The number of aryl methyl sites for hydroxylation is 1. The zero-order chi connectivity index (χ0) is 50.2. The van der Waals surface area contributed by atoms with E-state index in [2.05, 4.69) is 84.3 Å². The number of amides is 3. The smallest absolute Gasteiger partial charge is 0.315 e. The van der Waals surface area contributed by atoms with Crippen LogP contribution in [-0.2, 0) is 46.4 Å². The van der Waals surface area contributed by atoms with Gasteiger partial charge in [0.15, 0.2) is 0 Å². The van der Waals surface area contributed by atoms with Crippen LogP contribution >= 0.6 is 12.2 Å². The van der Waals surface area contributed by atoms with Crippen molar-refractivity contribution < 1.29 is 33.4 Å². The number of nitrogens with one attached hydrogen (secondary N) is 2. The third-order valence-corrected chi connectivity index (χ3v) is 15.4. The van der Waals surface area contributed by atoms with Gasteiger partial charge in [-0.05, 0) is 112 Å². The Labute approximate surface area is 418 Å².